The number of nitrogens with one attached hydrogen (secondary N) is 3. The molecule has 1 aromatic carbocycles. The predicted molar refractivity (Wildman–Crippen MR) is 129 cm³/mol. The third kappa shape index (κ3) is 5.67. The van der Waals surface area contributed by atoms with E-state index in [-0.39, 0.29) is 12.1 Å². The number of benzene rings is 1. The monoisotopic (exact) mass is 486 g/mol. The van der Waals surface area contributed by atoms with Gasteiger partial charge in [-0.15, -0.1) is 0 Å². The number of fused-ring (bicyclic) bond motifs is 1. The summed E-state index contributed by atoms with van der Waals surface area (Å²) in [6, 6.07) is 7.97. The highest BCUT2D eigenvalue weighted by Crippen LogP contribution is 2.29. The van der Waals surface area contributed by atoms with Crippen molar-refractivity contribution in [3.05, 3.63) is 40.0 Å². The quantitative estimate of drug-likeness (QED) is 0.568. The molecule has 1 heterocycles. The minimum Gasteiger partial charge on any atom is -0.362 e. The Kier molecular flexibility index (Phi) is 6.95. The first-order valence-corrected chi connectivity index (χ1v) is 11.9. The van der Waals surface area contributed by atoms with Crippen molar-refractivity contribution in [2.24, 2.45) is 0 Å². The molecule has 8 heteroatoms. The van der Waals surface area contributed by atoms with E-state index in [1.165, 1.54) is 24.1 Å². The molecule has 31 heavy (non-hydrogen) atoms. The number of amides is 2. The van der Waals surface area contributed by atoms with Gasteiger partial charge in [0.25, 0.3) is 0 Å². The number of carbonyl (C=O) groups is 1. The minimum absolute atomic E-state index is 0.146. The maximum Gasteiger partial charge on any atom is 0.319 e. The molecule has 2 aromatic rings. The molecule has 0 saturated heterocycles. The van der Waals surface area contributed by atoms with Crippen LogP contribution in [0.1, 0.15) is 49.8 Å². The van der Waals surface area contributed by atoms with Gasteiger partial charge in [0.15, 0.2) is 0 Å². The van der Waals surface area contributed by atoms with E-state index in [0.29, 0.717) is 6.04 Å². The SMILES string of the molecule is CN(C)c1nc(NC2CCC(NC(=O)Nc3ccc(Br)cc3)CC2)nc2c1CCCC2. The van der Waals surface area contributed by atoms with Crippen LogP contribution >= 0.6 is 15.9 Å². The van der Waals surface area contributed by atoms with Crippen LogP contribution in [-0.4, -0.2) is 42.2 Å². The third-order valence-electron chi connectivity index (χ3n) is 6.08. The second kappa shape index (κ2) is 9.85. The second-order valence-corrected chi connectivity index (χ2v) is 9.61. The topological polar surface area (TPSA) is 82.2 Å². The van der Waals surface area contributed by atoms with Gasteiger partial charge < -0.3 is 20.9 Å². The Morgan fingerprint density at radius 1 is 1.00 bits per heavy atom. The van der Waals surface area contributed by atoms with Gasteiger partial charge in [-0.1, -0.05) is 15.9 Å². The average Bonchev–Trinajstić information content (AvgIpc) is 2.76. The predicted octanol–water partition coefficient (Wildman–Crippen LogP) is 4.73. The Bertz CT molecular complexity index is 909. The lowest BCUT2D eigenvalue weighted by Gasteiger charge is -2.30. The molecule has 1 saturated carbocycles. The van der Waals surface area contributed by atoms with Crippen molar-refractivity contribution >= 4 is 39.4 Å². The summed E-state index contributed by atoms with van der Waals surface area (Å²) >= 11 is 3.40. The van der Waals surface area contributed by atoms with Gasteiger partial charge in [0, 0.05) is 41.9 Å². The minimum atomic E-state index is -0.146. The van der Waals surface area contributed by atoms with Crippen molar-refractivity contribution in [1.29, 1.82) is 0 Å². The highest BCUT2D eigenvalue weighted by molar-refractivity contribution is 9.10. The van der Waals surface area contributed by atoms with Crippen LogP contribution in [0.4, 0.5) is 22.2 Å². The van der Waals surface area contributed by atoms with Gasteiger partial charge in [-0.3, -0.25) is 0 Å². The zero-order valence-electron chi connectivity index (χ0n) is 18.2. The fourth-order valence-corrected chi connectivity index (χ4v) is 4.72. The normalized spacial score (nSPS) is 20.5. The lowest BCUT2D eigenvalue weighted by molar-refractivity contribution is 0.243. The van der Waals surface area contributed by atoms with E-state index in [1.54, 1.807) is 0 Å². The average molecular weight is 487 g/mol. The zero-order chi connectivity index (χ0) is 21.8. The van der Waals surface area contributed by atoms with Crippen molar-refractivity contribution in [3.8, 4) is 0 Å². The molecule has 7 nitrogen and oxygen atoms in total. The molecule has 0 radical (unpaired) electrons. The van der Waals surface area contributed by atoms with Crippen LogP contribution in [0.5, 0.6) is 0 Å². The van der Waals surface area contributed by atoms with Crippen LogP contribution in [0.2, 0.25) is 0 Å². The summed E-state index contributed by atoms with van der Waals surface area (Å²) in [6.07, 6.45) is 8.39. The van der Waals surface area contributed by atoms with Gasteiger partial charge in [0.05, 0.1) is 5.69 Å². The van der Waals surface area contributed by atoms with Crippen LogP contribution in [0, 0.1) is 0 Å². The van der Waals surface area contributed by atoms with Crippen molar-refractivity contribution in [2.75, 3.05) is 29.6 Å². The summed E-state index contributed by atoms with van der Waals surface area (Å²) < 4.78 is 0.991. The summed E-state index contributed by atoms with van der Waals surface area (Å²) in [4.78, 5) is 24.1. The Morgan fingerprint density at radius 3 is 2.39 bits per heavy atom. The summed E-state index contributed by atoms with van der Waals surface area (Å²) in [7, 11) is 4.11. The van der Waals surface area contributed by atoms with Crippen molar-refractivity contribution in [2.45, 2.75) is 63.5 Å². The first kappa shape index (κ1) is 21.9. The van der Waals surface area contributed by atoms with Crippen LogP contribution in [0.25, 0.3) is 0 Å². The smallest absolute Gasteiger partial charge is 0.319 e. The third-order valence-corrected chi connectivity index (χ3v) is 6.61. The fourth-order valence-electron chi connectivity index (χ4n) is 4.46. The Hall–Kier alpha value is -2.35. The number of aryl methyl sites for hydroxylation is 1. The van der Waals surface area contributed by atoms with Gasteiger partial charge in [0.2, 0.25) is 5.95 Å². The molecule has 3 N–H and O–H groups in total. The Morgan fingerprint density at radius 2 is 1.68 bits per heavy atom. The standard InChI is InChI=1S/C23H31BrN6O/c1-30(2)21-19-5-3-4-6-20(19)28-22(29-21)25-16-11-13-18(14-12-16)27-23(31)26-17-9-7-15(24)8-10-17/h7-10,16,18H,3-6,11-14H2,1-2H3,(H,25,28,29)(H2,26,27,31). The van der Waals surface area contributed by atoms with Crippen molar-refractivity contribution in [1.82, 2.24) is 15.3 Å². The highest BCUT2D eigenvalue weighted by atomic mass is 79.9. The Balaban J connectivity index is 1.29. The first-order valence-electron chi connectivity index (χ1n) is 11.1. The number of hydrogen-bond acceptors (Lipinski definition) is 5. The van der Waals surface area contributed by atoms with E-state index in [4.69, 9.17) is 9.97 Å². The van der Waals surface area contributed by atoms with Crippen molar-refractivity contribution < 1.29 is 4.79 Å². The molecule has 166 valence electrons. The lowest BCUT2D eigenvalue weighted by atomic mass is 9.91. The maximum absolute atomic E-state index is 12.3. The van der Waals surface area contributed by atoms with E-state index in [9.17, 15) is 4.79 Å². The summed E-state index contributed by atoms with van der Waals surface area (Å²) in [5.74, 6) is 1.79. The molecular formula is C23H31BrN6O. The van der Waals surface area contributed by atoms with E-state index in [2.05, 4.69) is 50.9 Å². The zero-order valence-corrected chi connectivity index (χ0v) is 19.8. The van der Waals surface area contributed by atoms with Crippen LogP contribution in [0.15, 0.2) is 28.7 Å². The number of aromatic nitrogens is 2. The van der Waals surface area contributed by atoms with Crippen LogP contribution < -0.4 is 20.9 Å². The number of hydrogen-bond donors (Lipinski definition) is 3. The fraction of sp³-hybridized carbons (Fsp3) is 0.522. The molecule has 0 aliphatic heterocycles. The van der Waals surface area contributed by atoms with Gasteiger partial charge in [-0.05, 0) is 75.6 Å². The number of rotatable bonds is 5. The van der Waals surface area contributed by atoms with E-state index in [1.807, 2.05) is 24.3 Å². The molecule has 2 aliphatic carbocycles. The highest BCUT2D eigenvalue weighted by Gasteiger charge is 2.24. The number of halogens is 1. The van der Waals surface area contributed by atoms with Gasteiger partial charge >= 0.3 is 6.03 Å². The molecule has 1 aromatic heterocycles. The molecule has 2 aliphatic rings. The van der Waals surface area contributed by atoms with Gasteiger partial charge in [-0.25, -0.2) is 9.78 Å². The van der Waals surface area contributed by atoms with Crippen LogP contribution in [0.3, 0.4) is 0 Å². The second-order valence-electron chi connectivity index (χ2n) is 8.70. The summed E-state index contributed by atoms with van der Waals surface area (Å²) in [5, 5.41) is 9.57. The number of nitrogens with zero attached hydrogens (tertiary/aromatic N) is 3. The first-order chi connectivity index (χ1) is 15.0. The Labute approximate surface area is 192 Å². The lowest BCUT2D eigenvalue weighted by Crippen LogP contribution is -2.42. The van der Waals surface area contributed by atoms with Gasteiger partial charge in [0.1, 0.15) is 5.82 Å². The number of carbonyl (C=O) groups excluding carboxylic acids is 1. The van der Waals surface area contributed by atoms with E-state index >= 15 is 0 Å². The van der Waals surface area contributed by atoms with E-state index < -0.39 is 0 Å². The summed E-state index contributed by atoms with van der Waals surface area (Å²) in [6.45, 7) is 0. The molecular weight excluding hydrogens is 456 g/mol. The van der Waals surface area contributed by atoms with Crippen LogP contribution in [-0.2, 0) is 12.8 Å². The number of urea groups is 1. The molecule has 0 unspecified atom stereocenters. The molecule has 4 rings (SSSR count). The maximum atomic E-state index is 12.3. The molecule has 0 bridgehead atoms. The molecule has 2 amide bonds. The number of anilines is 3. The molecule has 0 atom stereocenters. The van der Waals surface area contributed by atoms with E-state index in [0.717, 1.165) is 60.5 Å². The van der Waals surface area contributed by atoms with Crippen molar-refractivity contribution in [3.63, 3.8) is 0 Å². The molecule has 1 fully saturated rings. The summed E-state index contributed by atoms with van der Waals surface area (Å²) in [5.41, 5.74) is 3.30. The largest absolute Gasteiger partial charge is 0.362 e. The van der Waals surface area contributed by atoms with Gasteiger partial charge in [-0.2, -0.15) is 4.98 Å². The molecule has 0 spiro atoms.